The average Bonchev–Trinajstić information content (AvgIpc) is 3.50. The first-order valence-electron chi connectivity index (χ1n) is 8.57. The van der Waals surface area contributed by atoms with Crippen LogP contribution < -0.4 is 0 Å². The molecule has 5 nitrogen and oxygen atoms in total. The lowest BCUT2D eigenvalue weighted by molar-refractivity contribution is 0.881. The number of halogens is 1. The minimum absolute atomic E-state index is 0.712. The number of aromatic nitrogens is 5. The summed E-state index contributed by atoms with van der Waals surface area (Å²) >= 11 is 10.7. The first kappa shape index (κ1) is 18.5. The number of thiazole rings is 1. The summed E-state index contributed by atoms with van der Waals surface area (Å²) in [7, 11) is 0. The topological polar surface area (TPSA) is 56.5 Å². The highest BCUT2D eigenvalue weighted by Gasteiger charge is 2.19. The maximum absolute atomic E-state index is 5.99. The molecule has 0 N–H and O–H groups in total. The molecule has 0 radical (unpaired) electrons. The van der Waals surface area contributed by atoms with Crippen LogP contribution in [0.1, 0.15) is 0 Å². The van der Waals surface area contributed by atoms with Crippen LogP contribution in [0.25, 0.3) is 27.6 Å². The van der Waals surface area contributed by atoms with Gasteiger partial charge in [-0.2, -0.15) is 0 Å². The highest BCUT2D eigenvalue weighted by Crippen LogP contribution is 2.36. The van der Waals surface area contributed by atoms with Gasteiger partial charge in [0.25, 0.3) is 0 Å². The van der Waals surface area contributed by atoms with Crippen molar-refractivity contribution >= 4 is 46.0 Å². The van der Waals surface area contributed by atoms with Gasteiger partial charge in [0.05, 0.1) is 22.5 Å². The molecule has 0 aliphatic carbocycles. The van der Waals surface area contributed by atoms with E-state index in [9.17, 15) is 0 Å². The maximum Gasteiger partial charge on any atom is 0.203 e. The van der Waals surface area contributed by atoms with E-state index in [0.29, 0.717) is 5.02 Å². The normalized spacial score (nSPS) is 11.1. The van der Waals surface area contributed by atoms with Crippen molar-refractivity contribution in [3.63, 3.8) is 0 Å². The van der Waals surface area contributed by atoms with E-state index >= 15 is 0 Å². The number of rotatable bonds is 5. The quantitative estimate of drug-likeness (QED) is 0.311. The Morgan fingerprint density at radius 3 is 2.62 bits per heavy atom. The van der Waals surface area contributed by atoms with Crippen LogP contribution in [-0.2, 0) is 0 Å². The number of hydrogen-bond acceptors (Lipinski definition) is 7. The third kappa shape index (κ3) is 3.84. The molecule has 0 saturated carbocycles. The molecule has 0 amide bonds. The predicted molar refractivity (Wildman–Crippen MR) is 119 cm³/mol. The van der Waals surface area contributed by atoms with Crippen LogP contribution in [0.3, 0.4) is 0 Å². The summed E-state index contributed by atoms with van der Waals surface area (Å²) in [4.78, 5) is 10.1. The van der Waals surface area contributed by atoms with E-state index in [1.807, 2.05) is 70.1 Å². The van der Waals surface area contributed by atoms with Crippen molar-refractivity contribution in [2.75, 3.05) is 0 Å². The van der Waals surface area contributed by atoms with Crippen molar-refractivity contribution in [3.8, 4) is 27.6 Å². The fraction of sp³-hybridized carbons (Fsp3) is 0. The molecule has 4 aromatic heterocycles. The Bertz CT molecular complexity index is 1230. The highest BCUT2D eigenvalue weighted by molar-refractivity contribution is 8.00. The minimum Gasteiger partial charge on any atom is -0.267 e. The second kappa shape index (κ2) is 8.08. The van der Waals surface area contributed by atoms with Gasteiger partial charge in [-0.05, 0) is 47.5 Å². The fourth-order valence-electron chi connectivity index (χ4n) is 2.76. The van der Waals surface area contributed by atoms with Crippen molar-refractivity contribution in [1.29, 1.82) is 0 Å². The molecule has 142 valence electrons. The van der Waals surface area contributed by atoms with Crippen molar-refractivity contribution in [1.82, 2.24) is 24.7 Å². The summed E-state index contributed by atoms with van der Waals surface area (Å²) in [6.45, 7) is 0. The van der Waals surface area contributed by atoms with Crippen LogP contribution >= 0.6 is 46.0 Å². The summed E-state index contributed by atoms with van der Waals surface area (Å²) < 4.78 is 2.91. The van der Waals surface area contributed by atoms with E-state index in [1.165, 1.54) is 11.8 Å². The Morgan fingerprint density at radius 2 is 1.86 bits per heavy atom. The molecular weight excluding hydrogens is 442 g/mol. The van der Waals surface area contributed by atoms with E-state index in [2.05, 4.69) is 15.2 Å². The zero-order chi connectivity index (χ0) is 19.6. The van der Waals surface area contributed by atoms with Crippen LogP contribution in [-0.4, -0.2) is 24.7 Å². The first-order valence-corrected chi connectivity index (χ1v) is 11.5. The molecule has 0 unspecified atom stereocenters. The van der Waals surface area contributed by atoms with Gasteiger partial charge in [0.15, 0.2) is 10.2 Å². The zero-order valence-electron chi connectivity index (χ0n) is 14.8. The molecule has 9 heteroatoms. The number of benzene rings is 1. The third-order valence-electron chi connectivity index (χ3n) is 4.08. The number of pyridine rings is 1. The fourth-order valence-corrected chi connectivity index (χ4v) is 5.36. The lowest BCUT2D eigenvalue weighted by Crippen LogP contribution is -1.99. The second-order valence-corrected chi connectivity index (χ2v) is 9.39. The molecule has 0 bridgehead atoms. The standard InChI is InChI=1S/C20H12ClN5S3/c21-14-7-5-13(6-8-14)16-12-28-20(23-16)29-19-25-24-18(17-4-2-10-27-17)26(19)15-3-1-9-22-11-15/h1-12H. The minimum atomic E-state index is 0.712. The molecule has 0 saturated heterocycles. The van der Waals surface area contributed by atoms with Gasteiger partial charge >= 0.3 is 0 Å². The van der Waals surface area contributed by atoms with Gasteiger partial charge in [-0.3, -0.25) is 9.55 Å². The van der Waals surface area contributed by atoms with Crippen LogP contribution in [0.4, 0.5) is 0 Å². The lowest BCUT2D eigenvalue weighted by atomic mass is 10.2. The number of hydrogen-bond donors (Lipinski definition) is 0. The van der Waals surface area contributed by atoms with Crippen LogP contribution in [0.2, 0.25) is 5.02 Å². The molecule has 5 rings (SSSR count). The smallest absolute Gasteiger partial charge is 0.203 e. The summed E-state index contributed by atoms with van der Waals surface area (Å²) in [5.74, 6) is 0.796. The largest absolute Gasteiger partial charge is 0.267 e. The van der Waals surface area contributed by atoms with E-state index in [-0.39, 0.29) is 0 Å². The monoisotopic (exact) mass is 453 g/mol. The lowest BCUT2D eigenvalue weighted by Gasteiger charge is -2.07. The molecule has 0 aliphatic heterocycles. The van der Waals surface area contributed by atoms with Gasteiger partial charge in [0, 0.05) is 22.2 Å². The molecule has 0 spiro atoms. The number of nitrogens with zero attached hydrogens (tertiary/aromatic N) is 5. The van der Waals surface area contributed by atoms with Crippen LogP contribution in [0.5, 0.6) is 0 Å². The third-order valence-corrected chi connectivity index (χ3v) is 7.08. The summed E-state index contributed by atoms with van der Waals surface area (Å²) in [5.41, 5.74) is 2.86. The molecular formula is C20H12ClN5S3. The van der Waals surface area contributed by atoms with Gasteiger partial charge in [-0.15, -0.1) is 32.9 Å². The number of thiophene rings is 1. The molecule has 0 fully saturated rings. The molecule has 0 aliphatic rings. The Morgan fingerprint density at radius 1 is 0.966 bits per heavy atom. The van der Waals surface area contributed by atoms with Crippen molar-refractivity contribution in [3.05, 3.63) is 76.7 Å². The predicted octanol–water partition coefficient (Wildman–Crippen LogP) is 6.32. The van der Waals surface area contributed by atoms with E-state index in [0.717, 1.165) is 37.1 Å². The van der Waals surface area contributed by atoms with E-state index in [1.54, 1.807) is 28.9 Å². The van der Waals surface area contributed by atoms with Gasteiger partial charge < -0.3 is 0 Å². The SMILES string of the molecule is Clc1ccc(-c2csc(Sc3nnc(-c4cccs4)n3-c3cccnc3)n2)cc1. The molecule has 0 atom stereocenters. The second-order valence-electron chi connectivity index (χ2n) is 5.94. The van der Waals surface area contributed by atoms with Crippen LogP contribution in [0.15, 0.2) is 81.2 Å². The van der Waals surface area contributed by atoms with E-state index in [4.69, 9.17) is 16.6 Å². The highest BCUT2D eigenvalue weighted by atomic mass is 35.5. The van der Waals surface area contributed by atoms with Gasteiger partial charge in [0.2, 0.25) is 5.16 Å². The van der Waals surface area contributed by atoms with Gasteiger partial charge in [-0.1, -0.05) is 29.8 Å². The average molecular weight is 454 g/mol. The summed E-state index contributed by atoms with van der Waals surface area (Å²) in [5, 5.41) is 14.4. The Hall–Kier alpha value is -2.52. The summed E-state index contributed by atoms with van der Waals surface area (Å²) in [6.07, 6.45) is 3.57. The molecule has 1 aromatic carbocycles. The molecule has 29 heavy (non-hydrogen) atoms. The maximum atomic E-state index is 5.99. The van der Waals surface area contributed by atoms with Crippen molar-refractivity contribution in [2.24, 2.45) is 0 Å². The van der Waals surface area contributed by atoms with Crippen LogP contribution in [0, 0.1) is 0 Å². The van der Waals surface area contributed by atoms with Crippen molar-refractivity contribution in [2.45, 2.75) is 9.50 Å². The van der Waals surface area contributed by atoms with Gasteiger partial charge in [0.1, 0.15) is 0 Å². The Kier molecular flexibility index (Phi) is 5.15. The molecule has 5 aromatic rings. The Balaban J connectivity index is 1.51. The van der Waals surface area contributed by atoms with E-state index < -0.39 is 0 Å². The molecule has 4 heterocycles. The zero-order valence-corrected chi connectivity index (χ0v) is 18.0. The Labute approximate surface area is 184 Å². The van der Waals surface area contributed by atoms with Gasteiger partial charge in [-0.25, -0.2) is 4.98 Å². The summed E-state index contributed by atoms with van der Waals surface area (Å²) in [6, 6.07) is 15.6. The van der Waals surface area contributed by atoms with Crippen molar-refractivity contribution < 1.29 is 0 Å². The first-order chi connectivity index (χ1) is 14.3.